The van der Waals surface area contributed by atoms with E-state index in [1.54, 1.807) is 0 Å². The Balaban J connectivity index is 2.36. The Morgan fingerprint density at radius 1 is 1.45 bits per heavy atom. The number of carbonyl (C=O) groups is 2. The Morgan fingerprint density at radius 2 is 2.27 bits per heavy atom. The first-order chi connectivity index (χ1) is 5.27. The predicted molar refractivity (Wildman–Crippen MR) is 34.9 cm³/mol. The lowest BCUT2D eigenvalue weighted by atomic mass is 10.0. The van der Waals surface area contributed by atoms with Gasteiger partial charge >= 0.3 is 5.97 Å². The van der Waals surface area contributed by atoms with Crippen LogP contribution in [0.25, 0.3) is 0 Å². The van der Waals surface area contributed by atoms with Crippen molar-refractivity contribution in [3.05, 3.63) is 24.1 Å². The summed E-state index contributed by atoms with van der Waals surface area (Å²) in [6, 6.07) is 0. The smallest absolute Gasteiger partial charge is 0.323 e. The van der Waals surface area contributed by atoms with E-state index >= 15 is 0 Å². The molecule has 2 aliphatic heterocycles. The van der Waals surface area contributed by atoms with Crippen LogP contribution in [0.2, 0.25) is 0 Å². The molecule has 0 radical (unpaired) electrons. The SMILES string of the molecule is O=C1C=CC2C(=O)OC=C2N1. The Morgan fingerprint density at radius 3 is 3.09 bits per heavy atom. The van der Waals surface area contributed by atoms with Crippen molar-refractivity contribution >= 4 is 11.9 Å². The van der Waals surface area contributed by atoms with Crippen LogP contribution in [0.1, 0.15) is 0 Å². The third-order valence-electron chi connectivity index (χ3n) is 1.60. The van der Waals surface area contributed by atoms with E-state index in [-0.39, 0.29) is 11.9 Å². The quantitative estimate of drug-likeness (QED) is 0.483. The van der Waals surface area contributed by atoms with Crippen LogP contribution in [0.15, 0.2) is 24.1 Å². The largest absolute Gasteiger partial charge is 0.432 e. The molecule has 0 fully saturated rings. The summed E-state index contributed by atoms with van der Waals surface area (Å²) in [5.74, 6) is -0.949. The lowest BCUT2D eigenvalue weighted by Gasteiger charge is -2.10. The second kappa shape index (κ2) is 1.95. The van der Waals surface area contributed by atoms with E-state index in [1.165, 1.54) is 18.4 Å². The molecule has 0 saturated heterocycles. The van der Waals surface area contributed by atoms with Crippen LogP contribution < -0.4 is 5.32 Å². The number of esters is 1. The average molecular weight is 151 g/mol. The number of ether oxygens (including phenoxy) is 1. The molecule has 0 aromatic rings. The van der Waals surface area contributed by atoms with Gasteiger partial charge in [-0.05, 0) is 0 Å². The summed E-state index contributed by atoms with van der Waals surface area (Å²) in [6.45, 7) is 0. The first-order valence-corrected chi connectivity index (χ1v) is 3.17. The molecular weight excluding hydrogens is 146 g/mol. The minimum Gasteiger partial charge on any atom is -0.432 e. The monoisotopic (exact) mass is 151 g/mol. The first-order valence-electron chi connectivity index (χ1n) is 3.17. The van der Waals surface area contributed by atoms with Crippen LogP contribution in [-0.2, 0) is 14.3 Å². The summed E-state index contributed by atoms with van der Waals surface area (Å²) >= 11 is 0. The first kappa shape index (κ1) is 6.15. The van der Waals surface area contributed by atoms with Gasteiger partial charge in [0.15, 0.2) is 0 Å². The van der Waals surface area contributed by atoms with Gasteiger partial charge in [0.05, 0.1) is 5.70 Å². The Labute approximate surface area is 62.5 Å². The van der Waals surface area contributed by atoms with Crippen molar-refractivity contribution < 1.29 is 14.3 Å². The van der Waals surface area contributed by atoms with Gasteiger partial charge in [0.1, 0.15) is 12.2 Å². The Bertz CT molecular complexity index is 290. The number of cyclic esters (lactones) is 1. The van der Waals surface area contributed by atoms with Crippen molar-refractivity contribution in [1.82, 2.24) is 5.32 Å². The van der Waals surface area contributed by atoms with Crippen molar-refractivity contribution in [3.63, 3.8) is 0 Å². The number of carbonyl (C=O) groups excluding carboxylic acids is 2. The number of fused-ring (bicyclic) bond motifs is 1. The van der Waals surface area contributed by atoms with Crippen molar-refractivity contribution in [2.45, 2.75) is 0 Å². The number of nitrogens with one attached hydrogen (secondary N) is 1. The summed E-state index contributed by atoms with van der Waals surface area (Å²) in [5, 5.41) is 2.50. The molecule has 2 aliphatic rings. The number of hydrogen-bond donors (Lipinski definition) is 1. The van der Waals surface area contributed by atoms with E-state index in [4.69, 9.17) is 0 Å². The van der Waals surface area contributed by atoms with E-state index in [2.05, 4.69) is 10.1 Å². The maximum atomic E-state index is 10.8. The highest BCUT2D eigenvalue weighted by molar-refractivity contribution is 5.95. The molecule has 1 N–H and O–H groups in total. The summed E-state index contributed by atoms with van der Waals surface area (Å²) < 4.78 is 4.58. The second-order valence-electron chi connectivity index (χ2n) is 2.34. The molecule has 0 spiro atoms. The molecule has 11 heavy (non-hydrogen) atoms. The highest BCUT2D eigenvalue weighted by Gasteiger charge is 2.31. The van der Waals surface area contributed by atoms with Gasteiger partial charge in [0, 0.05) is 6.08 Å². The van der Waals surface area contributed by atoms with Gasteiger partial charge in [0.25, 0.3) is 0 Å². The highest BCUT2D eigenvalue weighted by atomic mass is 16.5. The van der Waals surface area contributed by atoms with Crippen LogP contribution in [0.5, 0.6) is 0 Å². The maximum Gasteiger partial charge on any atom is 0.323 e. The molecule has 0 aliphatic carbocycles. The van der Waals surface area contributed by atoms with Crippen LogP contribution >= 0.6 is 0 Å². The van der Waals surface area contributed by atoms with E-state index < -0.39 is 5.92 Å². The van der Waals surface area contributed by atoms with Crippen molar-refractivity contribution in [2.24, 2.45) is 5.92 Å². The van der Waals surface area contributed by atoms with E-state index in [9.17, 15) is 9.59 Å². The average Bonchev–Trinajstić information content (AvgIpc) is 2.32. The minimum absolute atomic E-state index is 0.217. The molecule has 0 aromatic heterocycles. The van der Waals surface area contributed by atoms with E-state index in [0.29, 0.717) is 5.70 Å². The summed E-state index contributed by atoms with van der Waals surface area (Å²) in [4.78, 5) is 21.5. The maximum absolute atomic E-state index is 10.8. The van der Waals surface area contributed by atoms with Crippen molar-refractivity contribution in [3.8, 4) is 0 Å². The predicted octanol–water partition coefficient (Wildman–Crippen LogP) is -0.313. The molecule has 0 saturated carbocycles. The third kappa shape index (κ3) is 0.832. The minimum atomic E-state index is -0.396. The van der Waals surface area contributed by atoms with Gasteiger partial charge < -0.3 is 10.1 Å². The normalized spacial score (nSPS) is 27.3. The molecule has 1 amide bonds. The fraction of sp³-hybridized carbons (Fsp3) is 0.143. The van der Waals surface area contributed by atoms with Gasteiger partial charge in [-0.1, -0.05) is 6.08 Å². The summed E-state index contributed by atoms with van der Waals surface area (Å²) in [7, 11) is 0. The number of rotatable bonds is 0. The van der Waals surface area contributed by atoms with Crippen molar-refractivity contribution in [1.29, 1.82) is 0 Å². The van der Waals surface area contributed by atoms with Gasteiger partial charge in [0.2, 0.25) is 5.91 Å². The highest BCUT2D eigenvalue weighted by Crippen LogP contribution is 2.21. The topological polar surface area (TPSA) is 55.4 Å². The van der Waals surface area contributed by atoms with Gasteiger partial charge in [-0.25, -0.2) is 0 Å². The Hall–Kier alpha value is -1.58. The zero-order valence-electron chi connectivity index (χ0n) is 5.53. The second-order valence-corrected chi connectivity index (χ2v) is 2.34. The van der Waals surface area contributed by atoms with E-state index in [1.807, 2.05) is 0 Å². The van der Waals surface area contributed by atoms with Crippen LogP contribution in [-0.4, -0.2) is 11.9 Å². The number of hydrogen-bond acceptors (Lipinski definition) is 3. The molecule has 2 heterocycles. The fourth-order valence-corrected chi connectivity index (χ4v) is 1.05. The summed E-state index contributed by atoms with van der Waals surface area (Å²) in [6.07, 6.45) is 4.13. The standard InChI is InChI=1S/C7H5NO3/c9-6-2-1-4-5(8-6)3-11-7(4)10/h1-4H,(H,8,9). The van der Waals surface area contributed by atoms with Gasteiger partial charge in [-0.15, -0.1) is 0 Å². The van der Waals surface area contributed by atoms with Gasteiger partial charge in [-0.2, -0.15) is 0 Å². The van der Waals surface area contributed by atoms with Gasteiger partial charge in [-0.3, -0.25) is 9.59 Å². The third-order valence-corrected chi connectivity index (χ3v) is 1.60. The van der Waals surface area contributed by atoms with Crippen LogP contribution in [0.4, 0.5) is 0 Å². The lowest BCUT2D eigenvalue weighted by Crippen LogP contribution is -2.29. The molecule has 4 heteroatoms. The fourth-order valence-electron chi connectivity index (χ4n) is 1.05. The van der Waals surface area contributed by atoms with Crippen LogP contribution in [0, 0.1) is 5.92 Å². The molecule has 1 atom stereocenters. The molecule has 56 valence electrons. The zero-order chi connectivity index (χ0) is 7.84. The molecule has 4 nitrogen and oxygen atoms in total. The molecule has 0 aromatic carbocycles. The van der Waals surface area contributed by atoms with Crippen LogP contribution in [0.3, 0.4) is 0 Å². The number of amides is 1. The molecule has 2 rings (SSSR count). The molecule has 0 bridgehead atoms. The molecule has 1 unspecified atom stereocenters. The van der Waals surface area contributed by atoms with E-state index in [0.717, 1.165) is 0 Å². The lowest BCUT2D eigenvalue weighted by molar-refractivity contribution is -0.137. The molecular formula is C7H5NO3. The zero-order valence-corrected chi connectivity index (χ0v) is 5.53. The van der Waals surface area contributed by atoms with Crippen molar-refractivity contribution in [2.75, 3.05) is 0 Å². The Kier molecular flexibility index (Phi) is 1.09. The summed E-state index contributed by atoms with van der Waals surface area (Å²) in [5.41, 5.74) is 0.530.